The van der Waals surface area contributed by atoms with Gasteiger partial charge in [0.05, 0.1) is 5.51 Å². The highest BCUT2D eigenvalue weighted by Gasteiger charge is 2.24. The minimum atomic E-state index is -0.0102. The number of benzene rings is 1. The first kappa shape index (κ1) is 12.3. The minimum absolute atomic E-state index is 0.0102. The Hall–Kier alpha value is -1.72. The maximum atomic E-state index is 12.5. The van der Waals surface area contributed by atoms with Gasteiger partial charge in [-0.2, -0.15) is 0 Å². The van der Waals surface area contributed by atoms with E-state index in [1.807, 2.05) is 23.1 Å². The molecule has 1 aromatic carbocycles. The molecule has 0 saturated carbocycles. The molecular weight excluding hydrogens is 258 g/mol. The Kier molecular flexibility index (Phi) is 3.31. The maximum absolute atomic E-state index is 12.5. The van der Waals surface area contributed by atoms with Crippen LogP contribution < -0.4 is 4.90 Å². The minimum Gasteiger partial charge on any atom is -0.305 e. The summed E-state index contributed by atoms with van der Waals surface area (Å²) < 4.78 is 0. The fourth-order valence-corrected chi connectivity index (χ4v) is 2.86. The van der Waals surface area contributed by atoms with E-state index in [1.54, 1.807) is 10.9 Å². The number of hydrogen-bond acceptors (Lipinski definition) is 4. The van der Waals surface area contributed by atoms with Crippen molar-refractivity contribution in [2.24, 2.45) is 0 Å². The number of para-hydroxylation sites is 1. The Morgan fingerprint density at radius 2 is 2.16 bits per heavy atom. The monoisotopic (exact) mass is 273 g/mol. The van der Waals surface area contributed by atoms with E-state index in [1.165, 1.54) is 16.9 Å². The maximum Gasteiger partial charge on any atom is 0.277 e. The summed E-state index contributed by atoms with van der Waals surface area (Å²) >= 11 is 1.45. The van der Waals surface area contributed by atoms with Crippen LogP contribution in [0.1, 0.15) is 16.1 Å². The zero-order chi connectivity index (χ0) is 13.2. The van der Waals surface area contributed by atoms with E-state index in [9.17, 15) is 4.79 Å². The first-order valence-corrected chi connectivity index (χ1v) is 7.16. The summed E-state index contributed by atoms with van der Waals surface area (Å²) in [6.45, 7) is 2.44. The molecule has 19 heavy (non-hydrogen) atoms. The lowest BCUT2D eigenvalue weighted by molar-refractivity contribution is 0.0982. The van der Waals surface area contributed by atoms with Crippen LogP contribution in [-0.2, 0) is 6.54 Å². The van der Waals surface area contributed by atoms with Gasteiger partial charge in [-0.05, 0) is 18.7 Å². The van der Waals surface area contributed by atoms with Crippen LogP contribution in [0.4, 0.5) is 5.69 Å². The summed E-state index contributed by atoms with van der Waals surface area (Å²) in [7, 11) is 2.08. The smallest absolute Gasteiger partial charge is 0.277 e. The molecule has 0 aliphatic carbocycles. The third-order valence-corrected chi connectivity index (χ3v) is 3.91. The molecule has 4 nitrogen and oxygen atoms in total. The van der Waals surface area contributed by atoms with Crippen LogP contribution in [0, 0.1) is 0 Å². The third kappa shape index (κ3) is 2.39. The molecule has 0 bridgehead atoms. The van der Waals surface area contributed by atoms with Crippen molar-refractivity contribution in [3.8, 4) is 0 Å². The molecule has 0 spiro atoms. The van der Waals surface area contributed by atoms with Crippen molar-refractivity contribution in [3.05, 3.63) is 46.4 Å². The quantitative estimate of drug-likeness (QED) is 0.799. The van der Waals surface area contributed by atoms with Crippen molar-refractivity contribution >= 4 is 22.9 Å². The van der Waals surface area contributed by atoms with Gasteiger partial charge < -0.3 is 9.80 Å². The fourth-order valence-electron chi connectivity index (χ4n) is 2.34. The van der Waals surface area contributed by atoms with E-state index >= 15 is 0 Å². The van der Waals surface area contributed by atoms with Crippen molar-refractivity contribution < 1.29 is 4.79 Å². The largest absolute Gasteiger partial charge is 0.305 e. The van der Waals surface area contributed by atoms with Gasteiger partial charge in [0.25, 0.3) is 5.91 Å². The van der Waals surface area contributed by atoms with Gasteiger partial charge in [0.1, 0.15) is 5.69 Å². The van der Waals surface area contributed by atoms with Gasteiger partial charge in [-0.15, -0.1) is 11.3 Å². The Labute approximate surface area is 116 Å². The number of fused-ring (bicyclic) bond motifs is 1. The first-order valence-electron chi connectivity index (χ1n) is 6.22. The van der Waals surface area contributed by atoms with Crippen LogP contribution in [0.3, 0.4) is 0 Å². The molecule has 2 heterocycles. The van der Waals surface area contributed by atoms with E-state index in [-0.39, 0.29) is 5.91 Å². The molecular formula is C14H15N3OS. The summed E-state index contributed by atoms with van der Waals surface area (Å²) in [5.41, 5.74) is 4.42. The number of anilines is 1. The number of hydrogen-bond donors (Lipinski definition) is 0. The summed E-state index contributed by atoms with van der Waals surface area (Å²) in [5, 5.41) is 1.81. The first-order chi connectivity index (χ1) is 9.25. The highest BCUT2D eigenvalue weighted by atomic mass is 32.1. The molecule has 0 atom stereocenters. The summed E-state index contributed by atoms with van der Waals surface area (Å²) in [6, 6.07) is 8.09. The second-order valence-corrected chi connectivity index (χ2v) is 5.42. The van der Waals surface area contributed by atoms with Crippen LogP contribution in [0.15, 0.2) is 35.2 Å². The van der Waals surface area contributed by atoms with Gasteiger partial charge in [-0.25, -0.2) is 4.98 Å². The number of aromatic nitrogens is 1. The Balaban J connectivity index is 2.00. The topological polar surface area (TPSA) is 36.4 Å². The van der Waals surface area contributed by atoms with E-state index in [2.05, 4.69) is 23.0 Å². The molecule has 3 rings (SSSR count). The molecule has 1 amide bonds. The summed E-state index contributed by atoms with van der Waals surface area (Å²) in [4.78, 5) is 20.7. The SMILES string of the molecule is CN1CCN(C(=O)c2cscn2)c2ccccc2C1. The third-order valence-electron chi connectivity index (χ3n) is 3.32. The normalized spacial score (nSPS) is 15.9. The number of amides is 1. The summed E-state index contributed by atoms with van der Waals surface area (Å²) in [6.07, 6.45) is 0. The summed E-state index contributed by atoms with van der Waals surface area (Å²) in [5.74, 6) is -0.0102. The lowest BCUT2D eigenvalue weighted by Crippen LogP contribution is -2.35. The van der Waals surface area contributed by atoms with Crippen molar-refractivity contribution in [2.75, 3.05) is 25.0 Å². The van der Waals surface area contributed by atoms with E-state index in [0.717, 1.165) is 18.8 Å². The average Bonchev–Trinajstić information content (AvgIpc) is 2.89. The number of thiazole rings is 1. The highest BCUT2D eigenvalue weighted by Crippen LogP contribution is 2.25. The highest BCUT2D eigenvalue weighted by molar-refractivity contribution is 7.07. The fraction of sp³-hybridized carbons (Fsp3) is 0.286. The Bertz CT molecular complexity index is 582. The van der Waals surface area contributed by atoms with Gasteiger partial charge in [0.2, 0.25) is 0 Å². The van der Waals surface area contributed by atoms with Crippen molar-refractivity contribution in [3.63, 3.8) is 0 Å². The molecule has 1 aliphatic heterocycles. The number of likely N-dealkylation sites (N-methyl/N-ethyl adjacent to an activating group) is 1. The number of rotatable bonds is 1. The zero-order valence-corrected chi connectivity index (χ0v) is 11.6. The van der Waals surface area contributed by atoms with Crippen molar-refractivity contribution in [2.45, 2.75) is 6.54 Å². The predicted octanol–water partition coefficient (Wildman–Crippen LogP) is 2.24. The van der Waals surface area contributed by atoms with Gasteiger partial charge in [0.15, 0.2) is 0 Å². The average molecular weight is 273 g/mol. The second kappa shape index (κ2) is 5.11. The molecule has 1 aromatic heterocycles. The second-order valence-electron chi connectivity index (χ2n) is 4.70. The van der Waals surface area contributed by atoms with Crippen LogP contribution in [-0.4, -0.2) is 35.9 Å². The van der Waals surface area contributed by atoms with Crippen LogP contribution in [0.2, 0.25) is 0 Å². The molecule has 0 fully saturated rings. The van der Waals surface area contributed by atoms with Crippen molar-refractivity contribution in [1.82, 2.24) is 9.88 Å². The van der Waals surface area contributed by atoms with Gasteiger partial charge >= 0.3 is 0 Å². The van der Waals surface area contributed by atoms with Crippen molar-refractivity contribution in [1.29, 1.82) is 0 Å². The van der Waals surface area contributed by atoms with Crippen LogP contribution >= 0.6 is 11.3 Å². The van der Waals surface area contributed by atoms with Crippen LogP contribution in [0.5, 0.6) is 0 Å². The van der Waals surface area contributed by atoms with Gasteiger partial charge in [-0.1, -0.05) is 18.2 Å². The molecule has 0 radical (unpaired) electrons. The van der Waals surface area contributed by atoms with Crippen LogP contribution in [0.25, 0.3) is 0 Å². The molecule has 0 saturated heterocycles. The van der Waals surface area contributed by atoms with E-state index < -0.39 is 0 Å². The number of carbonyl (C=O) groups excluding carboxylic acids is 1. The lowest BCUT2D eigenvalue weighted by Gasteiger charge is -2.21. The van der Waals surface area contributed by atoms with E-state index in [4.69, 9.17) is 0 Å². The van der Waals surface area contributed by atoms with Gasteiger partial charge in [-0.3, -0.25) is 4.79 Å². The number of carbonyl (C=O) groups is 1. The predicted molar refractivity (Wildman–Crippen MR) is 76.6 cm³/mol. The lowest BCUT2D eigenvalue weighted by atomic mass is 10.1. The molecule has 0 unspecified atom stereocenters. The van der Waals surface area contributed by atoms with E-state index in [0.29, 0.717) is 12.2 Å². The Morgan fingerprint density at radius 3 is 2.95 bits per heavy atom. The molecule has 5 heteroatoms. The van der Waals surface area contributed by atoms with Gasteiger partial charge in [0, 0.05) is 30.7 Å². The Morgan fingerprint density at radius 1 is 1.32 bits per heavy atom. The number of nitrogens with zero attached hydrogens (tertiary/aromatic N) is 3. The standard InChI is InChI=1S/C14H15N3OS/c1-16-6-7-17(14(18)12-9-19-10-15-12)13-5-3-2-4-11(13)8-16/h2-5,9-10H,6-8H2,1H3. The molecule has 1 aliphatic rings. The zero-order valence-electron chi connectivity index (χ0n) is 10.7. The molecule has 2 aromatic rings. The molecule has 98 valence electrons. The molecule has 0 N–H and O–H groups in total.